The topological polar surface area (TPSA) is 119 Å². The molecule has 5 rings (SSSR count). The third kappa shape index (κ3) is 4.57. The number of nitrogens with zero attached hydrogens (tertiary/aromatic N) is 4. The molecule has 0 radical (unpaired) electrons. The number of nitrogens with one attached hydrogen (secondary N) is 2. The number of fused-ring (bicyclic) bond motifs is 1. The zero-order valence-corrected chi connectivity index (χ0v) is 17.8. The van der Waals surface area contributed by atoms with E-state index in [2.05, 4.69) is 20.7 Å². The Balaban J connectivity index is 1.42. The van der Waals surface area contributed by atoms with Crippen LogP contribution >= 0.6 is 0 Å². The number of carbonyl (C=O) groups is 1. The summed E-state index contributed by atoms with van der Waals surface area (Å²) in [7, 11) is 0. The van der Waals surface area contributed by atoms with Gasteiger partial charge in [-0.25, -0.2) is 9.50 Å². The molecule has 1 aromatic carbocycles. The highest BCUT2D eigenvalue weighted by Gasteiger charge is 2.23. The minimum Gasteiger partial charge on any atom is -0.491 e. The number of amides is 1. The van der Waals surface area contributed by atoms with Crippen molar-refractivity contribution >= 4 is 29.1 Å². The summed E-state index contributed by atoms with van der Waals surface area (Å²) in [6.45, 7) is 2.56. The average Bonchev–Trinajstić information content (AvgIpc) is 3.55. The predicted octanol–water partition coefficient (Wildman–Crippen LogP) is 2.52. The Bertz CT molecular complexity index is 1150. The second kappa shape index (κ2) is 8.96. The van der Waals surface area contributed by atoms with E-state index in [-0.39, 0.29) is 11.9 Å². The zero-order chi connectivity index (χ0) is 21.9. The molecule has 2 fully saturated rings. The van der Waals surface area contributed by atoms with Gasteiger partial charge in [0.25, 0.3) is 5.91 Å². The van der Waals surface area contributed by atoms with Gasteiger partial charge in [0.15, 0.2) is 5.65 Å². The molecule has 1 saturated heterocycles. The first kappa shape index (κ1) is 20.4. The molecule has 3 aromatic rings. The second-order valence-corrected chi connectivity index (χ2v) is 8.39. The number of piperidine rings is 1. The molecule has 3 heterocycles. The van der Waals surface area contributed by atoms with Gasteiger partial charge in [-0.15, -0.1) is 0 Å². The number of anilines is 2. The van der Waals surface area contributed by atoms with E-state index in [1.54, 1.807) is 29.0 Å². The van der Waals surface area contributed by atoms with Gasteiger partial charge in [-0.3, -0.25) is 9.79 Å². The summed E-state index contributed by atoms with van der Waals surface area (Å²) in [4.78, 5) is 22.0. The number of benzene rings is 1. The molecule has 0 atom stereocenters. The Morgan fingerprint density at radius 3 is 2.97 bits per heavy atom. The van der Waals surface area contributed by atoms with Crippen LogP contribution in [0, 0.1) is 5.92 Å². The summed E-state index contributed by atoms with van der Waals surface area (Å²) in [5.41, 5.74) is 9.09. The van der Waals surface area contributed by atoms with Crippen molar-refractivity contribution in [1.29, 1.82) is 0 Å². The van der Waals surface area contributed by atoms with Gasteiger partial charge in [0.2, 0.25) is 0 Å². The summed E-state index contributed by atoms with van der Waals surface area (Å²) in [5, 5.41) is 10.5. The van der Waals surface area contributed by atoms with Gasteiger partial charge in [0, 0.05) is 35.9 Å². The van der Waals surface area contributed by atoms with Crippen LogP contribution in [0.1, 0.15) is 41.6 Å². The van der Waals surface area contributed by atoms with E-state index in [9.17, 15) is 4.79 Å². The highest BCUT2D eigenvalue weighted by Crippen LogP contribution is 2.34. The van der Waals surface area contributed by atoms with Crippen LogP contribution in [-0.4, -0.2) is 52.5 Å². The van der Waals surface area contributed by atoms with Crippen LogP contribution < -0.4 is 21.1 Å². The standard InChI is InChI=1S/C23H27N7O2/c24-19-11-21(32-14-15-2-3-15)20(10-16(19)12-27-17-4-7-25-8-5-17)29-23(31)18-13-28-30-9-1-6-26-22(18)30/h1,6,9-13,15,17,25H,2-5,7-8,14,24H2,(H,29,31). The molecule has 9 heteroatoms. The van der Waals surface area contributed by atoms with Gasteiger partial charge in [-0.05, 0) is 56.8 Å². The van der Waals surface area contributed by atoms with Crippen molar-refractivity contribution in [3.05, 3.63) is 47.9 Å². The fourth-order valence-electron chi connectivity index (χ4n) is 3.75. The first-order chi connectivity index (χ1) is 15.7. The van der Waals surface area contributed by atoms with Gasteiger partial charge < -0.3 is 21.1 Å². The molecule has 32 heavy (non-hydrogen) atoms. The van der Waals surface area contributed by atoms with E-state index in [4.69, 9.17) is 15.5 Å². The lowest BCUT2D eigenvalue weighted by Crippen LogP contribution is -2.29. The first-order valence-electron chi connectivity index (χ1n) is 11.1. The lowest BCUT2D eigenvalue weighted by Gasteiger charge is -2.19. The first-order valence-corrected chi connectivity index (χ1v) is 11.1. The molecule has 166 valence electrons. The largest absolute Gasteiger partial charge is 0.491 e. The third-order valence-electron chi connectivity index (χ3n) is 5.86. The van der Waals surface area contributed by atoms with Crippen LogP contribution in [0.2, 0.25) is 0 Å². The van der Waals surface area contributed by atoms with Crippen molar-refractivity contribution in [2.24, 2.45) is 10.9 Å². The van der Waals surface area contributed by atoms with Crippen LogP contribution in [0.5, 0.6) is 5.75 Å². The number of hydrogen-bond donors (Lipinski definition) is 3. The number of ether oxygens (including phenoxy) is 1. The minimum atomic E-state index is -0.305. The number of aliphatic imine (C=N–C) groups is 1. The minimum absolute atomic E-state index is 0.282. The maximum atomic E-state index is 13.1. The molecular formula is C23H27N7O2. The fourth-order valence-corrected chi connectivity index (χ4v) is 3.75. The van der Waals surface area contributed by atoms with Crippen LogP contribution in [0.25, 0.3) is 5.65 Å². The monoisotopic (exact) mass is 433 g/mol. The summed E-state index contributed by atoms with van der Waals surface area (Å²) in [6, 6.07) is 5.65. The number of nitrogen functional groups attached to an aromatic ring is 1. The number of rotatable bonds is 7. The maximum Gasteiger partial charge on any atom is 0.261 e. The van der Waals surface area contributed by atoms with E-state index < -0.39 is 0 Å². The molecule has 1 amide bonds. The Labute approximate surface area is 186 Å². The molecule has 9 nitrogen and oxygen atoms in total. The van der Waals surface area contributed by atoms with Crippen molar-refractivity contribution in [3.8, 4) is 5.75 Å². The third-order valence-corrected chi connectivity index (χ3v) is 5.86. The van der Waals surface area contributed by atoms with E-state index in [1.807, 2.05) is 12.3 Å². The lowest BCUT2D eigenvalue weighted by atomic mass is 10.1. The van der Waals surface area contributed by atoms with Gasteiger partial charge in [0.1, 0.15) is 11.3 Å². The SMILES string of the molecule is Nc1cc(OCC2CC2)c(NC(=O)c2cnn3cccnc23)cc1C=NC1CCNCC1. The maximum absolute atomic E-state index is 13.1. The molecular weight excluding hydrogens is 406 g/mol. The Morgan fingerprint density at radius 2 is 2.16 bits per heavy atom. The Morgan fingerprint density at radius 1 is 1.31 bits per heavy atom. The van der Waals surface area contributed by atoms with Gasteiger partial charge in [-0.2, -0.15) is 5.10 Å². The van der Waals surface area contributed by atoms with E-state index in [0.29, 0.717) is 40.9 Å². The van der Waals surface area contributed by atoms with Crippen LogP contribution in [0.15, 0.2) is 41.8 Å². The van der Waals surface area contributed by atoms with Crippen molar-refractivity contribution in [2.75, 3.05) is 30.7 Å². The Kier molecular flexibility index (Phi) is 5.72. The van der Waals surface area contributed by atoms with Crippen molar-refractivity contribution in [1.82, 2.24) is 19.9 Å². The van der Waals surface area contributed by atoms with Crippen LogP contribution in [0.4, 0.5) is 11.4 Å². The lowest BCUT2D eigenvalue weighted by molar-refractivity contribution is 0.102. The molecule has 2 aromatic heterocycles. The van der Waals surface area contributed by atoms with E-state index in [1.165, 1.54) is 19.0 Å². The van der Waals surface area contributed by atoms with Crippen molar-refractivity contribution < 1.29 is 9.53 Å². The molecule has 1 aliphatic carbocycles. The normalized spacial score (nSPS) is 17.1. The average molecular weight is 434 g/mol. The zero-order valence-electron chi connectivity index (χ0n) is 17.8. The van der Waals surface area contributed by atoms with Gasteiger partial charge >= 0.3 is 0 Å². The molecule has 4 N–H and O–H groups in total. The summed E-state index contributed by atoms with van der Waals surface area (Å²) < 4.78 is 7.58. The highest BCUT2D eigenvalue weighted by molar-refractivity contribution is 6.09. The summed E-state index contributed by atoms with van der Waals surface area (Å²) in [6.07, 6.45) is 11.1. The molecule has 2 aliphatic rings. The Hall–Kier alpha value is -3.46. The fraction of sp³-hybridized carbons (Fsp3) is 0.391. The van der Waals surface area contributed by atoms with Crippen molar-refractivity contribution in [2.45, 2.75) is 31.7 Å². The van der Waals surface area contributed by atoms with E-state index in [0.717, 1.165) is 31.5 Å². The number of carbonyl (C=O) groups excluding carboxylic acids is 1. The van der Waals surface area contributed by atoms with Crippen LogP contribution in [-0.2, 0) is 0 Å². The van der Waals surface area contributed by atoms with Gasteiger partial charge in [0.05, 0.1) is 24.5 Å². The molecule has 0 bridgehead atoms. The number of hydrogen-bond acceptors (Lipinski definition) is 7. The smallest absolute Gasteiger partial charge is 0.261 e. The van der Waals surface area contributed by atoms with Crippen LogP contribution in [0.3, 0.4) is 0 Å². The second-order valence-electron chi connectivity index (χ2n) is 8.39. The highest BCUT2D eigenvalue weighted by atomic mass is 16.5. The van der Waals surface area contributed by atoms with Gasteiger partial charge in [-0.1, -0.05) is 0 Å². The molecule has 0 spiro atoms. The molecule has 0 unspecified atom stereocenters. The predicted molar refractivity (Wildman–Crippen MR) is 123 cm³/mol. The number of aromatic nitrogens is 3. The van der Waals surface area contributed by atoms with Crippen molar-refractivity contribution in [3.63, 3.8) is 0 Å². The van der Waals surface area contributed by atoms with E-state index >= 15 is 0 Å². The number of nitrogens with two attached hydrogens (primary N) is 1. The summed E-state index contributed by atoms with van der Waals surface area (Å²) >= 11 is 0. The quantitative estimate of drug-likeness (QED) is 0.389. The molecule has 1 saturated carbocycles. The molecule has 1 aliphatic heterocycles. The summed E-state index contributed by atoms with van der Waals surface area (Å²) in [5.74, 6) is 0.830.